The minimum atomic E-state index is -0.132. The Bertz CT molecular complexity index is 563. The Balaban J connectivity index is 1.62. The third-order valence-corrected chi connectivity index (χ3v) is 7.47. The van der Waals surface area contributed by atoms with E-state index in [1.165, 1.54) is 31.3 Å². The number of hydrogen-bond donors (Lipinski definition) is 0. The summed E-state index contributed by atoms with van der Waals surface area (Å²) in [5.74, 6) is 2.99. The third-order valence-electron chi connectivity index (χ3n) is 7.47. The highest BCUT2D eigenvalue weighted by atomic mass is 16.5. The molecule has 0 radical (unpaired) electrons. The molecule has 4 aliphatic carbocycles. The van der Waals surface area contributed by atoms with Crippen molar-refractivity contribution >= 4 is 11.8 Å². The number of carbonyl (C=O) groups is 2. The van der Waals surface area contributed by atoms with E-state index in [-0.39, 0.29) is 17.5 Å². The van der Waals surface area contributed by atoms with E-state index >= 15 is 0 Å². The van der Waals surface area contributed by atoms with Gasteiger partial charge < -0.3 is 4.74 Å². The van der Waals surface area contributed by atoms with Crippen molar-refractivity contribution in [1.29, 1.82) is 0 Å². The summed E-state index contributed by atoms with van der Waals surface area (Å²) in [5.41, 5.74) is 1.58. The summed E-state index contributed by atoms with van der Waals surface area (Å²) in [6, 6.07) is 0. The number of ketones is 1. The molecular formula is C20H28O3. The third kappa shape index (κ3) is 2.38. The number of esters is 1. The van der Waals surface area contributed by atoms with E-state index in [0.717, 1.165) is 31.6 Å². The van der Waals surface area contributed by atoms with E-state index in [1.54, 1.807) is 6.92 Å². The van der Waals surface area contributed by atoms with Crippen molar-refractivity contribution < 1.29 is 14.3 Å². The highest BCUT2D eigenvalue weighted by molar-refractivity contribution is 5.91. The van der Waals surface area contributed by atoms with E-state index in [0.29, 0.717) is 23.5 Å². The smallest absolute Gasteiger partial charge is 0.302 e. The normalized spacial score (nSPS) is 45.6. The van der Waals surface area contributed by atoms with Gasteiger partial charge in [-0.05, 0) is 74.7 Å². The van der Waals surface area contributed by atoms with Crippen LogP contribution in [0, 0.1) is 29.1 Å². The molecule has 3 saturated carbocycles. The summed E-state index contributed by atoms with van der Waals surface area (Å²) in [6.07, 6.45) is 10.9. The molecule has 0 aromatic heterocycles. The molecule has 3 nitrogen and oxygen atoms in total. The molecule has 0 aliphatic heterocycles. The molecule has 0 aromatic carbocycles. The predicted molar refractivity (Wildman–Crippen MR) is 87.6 cm³/mol. The molecule has 6 atom stereocenters. The van der Waals surface area contributed by atoms with E-state index in [1.807, 2.05) is 6.08 Å². The second-order valence-corrected chi connectivity index (χ2v) is 8.54. The number of allylic oxidation sites excluding steroid dienone is 2. The van der Waals surface area contributed by atoms with Gasteiger partial charge in [0.05, 0.1) is 0 Å². The van der Waals surface area contributed by atoms with Crippen molar-refractivity contribution in [3.8, 4) is 0 Å². The Kier molecular flexibility index (Phi) is 3.66. The topological polar surface area (TPSA) is 43.4 Å². The quantitative estimate of drug-likeness (QED) is 0.685. The van der Waals surface area contributed by atoms with Gasteiger partial charge in [0.15, 0.2) is 5.78 Å². The zero-order chi connectivity index (χ0) is 16.2. The van der Waals surface area contributed by atoms with Gasteiger partial charge in [-0.1, -0.05) is 12.5 Å². The van der Waals surface area contributed by atoms with E-state index in [2.05, 4.69) is 6.92 Å². The van der Waals surface area contributed by atoms with Crippen LogP contribution in [0.15, 0.2) is 11.6 Å². The maximum atomic E-state index is 11.8. The molecule has 4 aliphatic rings. The fourth-order valence-corrected chi connectivity index (χ4v) is 6.49. The van der Waals surface area contributed by atoms with Gasteiger partial charge >= 0.3 is 5.97 Å². The summed E-state index contributed by atoms with van der Waals surface area (Å²) in [4.78, 5) is 23.3. The zero-order valence-corrected chi connectivity index (χ0v) is 14.3. The van der Waals surface area contributed by atoms with Gasteiger partial charge in [0, 0.05) is 18.8 Å². The second kappa shape index (κ2) is 5.46. The molecule has 0 spiro atoms. The molecule has 4 rings (SSSR count). The van der Waals surface area contributed by atoms with Crippen LogP contribution in [0.4, 0.5) is 0 Å². The minimum Gasteiger partial charge on any atom is -0.462 e. The number of carbonyl (C=O) groups excluding carboxylic acids is 2. The Morgan fingerprint density at radius 1 is 1.22 bits per heavy atom. The summed E-state index contributed by atoms with van der Waals surface area (Å²) in [6.45, 7) is 3.90. The van der Waals surface area contributed by atoms with Crippen LogP contribution in [0.5, 0.6) is 0 Å². The molecule has 0 N–H and O–H groups in total. The maximum absolute atomic E-state index is 11.8. The average molecular weight is 316 g/mol. The fourth-order valence-electron chi connectivity index (χ4n) is 6.49. The molecule has 0 saturated heterocycles. The first-order valence-electron chi connectivity index (χ1n) is 9.39. The van der Waals surface area contributed by atoms with Crippen molar-refractivity contribution in [2.45, 2.75) is 71.3 Å². The molecule has 3 heteroatoms. The van der Waals surface area contributed by atoms with Gasteiger partial charge in [-0.2, -0.15) is 0 Å². The Hall–Kier alpha value is -1.12. The van der Waals surface area contributed by atoms with Crippen LogP contribution in [0.25, 0.3) is 0 Å². The summed E-state index contributed by atoms with van der Waals surface area (Å²) < 4.78 is 5.74. The number of ether oxygens (including phenoxy) is 1. The Morgan fingerprint density at radius 3 is 2.83 bits per heavy atom. The summed E-state index contributed by atoms with van der Waals surface area (Å²) >= 11 is 0. The van der Waals surface area contributed by atoms with Gasteiger partial charge in [0.1, 0.15) is 6.10 Å². The second-order valence-electron chi connectivity index (χ2n) is 8.54. The minimum absolute atomic E-state index is 0.0953. The van der Waals surface area contributed by atoms with Crippen molar-refractivity contribution in [2.24, 2.45) is 29.1 Å². The van der Waals surface area contributed by atoms with E-state index in [9.17, 15) is 9.59 Å². The largest absolute Gasteiger partial charge is 0.462 e. The first-order valence-corrected chi connectivity index (χ1v) is 9.39. The Labute approximate surface area is 138 Å². The first-order chi connectivity index (χ1) is 11.0. The molecule has 23 heavy (non-hydrogen) atoms. The summed E-state index contributed by atoms with van der Waals surface area (Å²) in [5, 5.41) is 0. The van der Waals surface area contributed by atoms with E-state index < -0.39 is 0 Å². The van der Waals surface area contributed by atoms with Gasteiger partial charge in [-0.3, -0.25) is 9.59 Å². The van der Waals surface area contributed by atoms with Crippen LogP contribution in [-0.2, 0) is 14.3 Å². The number of hydrogen-bond acceptors (Lipinski definition) is 3. The standard InChI is InChI=1S/C20H28O3/c1-12(21)23-19-5-3-4-18-17-11-13-10-14(22)6-7-15(13)16(17)8-9-20(18,19)2/h10,15-19H,3-9,11H2,1-2H3/t15-,16?,17?,18+,19+,20+/m1/s1. The van der Waals surface area contributed by atoms with E-state index in [4.69, 9.17) is 4.74 Å². The van der Waals surface area contributed by atoms with Crippen LogP contribution in [-0.4, -0.2) is 17.9 Å². The van der Waals surface area contributed by atoms with Crippen molar-refractivity contribution in [2.75, 3.05) is 0 Å². The highest BCUT2D eigenvalue weighted by Crippen LogP contribution is 2.62. The van der Waals surface area contributed by atoms with Crippen LogP contribution < -0.4 is 0 Å². The molecule has 126 valence electrons. The molecule has 0 bridgehead atoms. The number of fused-ring (bicyclic) bond motifs is 5. The summed E-state index contributed by atoms with van der Waals surface area (Å²) in [7, 11) is 0. The lowest BCUT2D eigenvalue weighted by Gasteiger charge is -2.54. The van der Waals surface area contributed by atoms with Crippen molar-refractivity contribution in [1.82, 2.24) is 0 Å². The molecular weight excluding hydrogens is 288 g/mol. The average Bonchev–Trinajstić information content (AvgIpc) is 2.85. The molecule has 2 unspecified atom stereocenters. The Morgan fingerprint density at radius 2 is 2.04 bits per heavy atom. The predicted octanol–water partition coefficient (Wildman–Crippen LogP) is 4.06. The van der Waals surface area contributed by atoms with Gasteiger partial charge in [-0.25, -0.2) is 0 Å². The van der Waals surface area contributed by atoms with Crippen LogP contribution in [0.1, 0.15) is 65.2 Å². The van der Waals surface area contributed by atoms with Gasteiger partial charge in [0.25, 0.3) is 0 Å². The first kappa shape index (κ1) is 15.4. The molecule has 0 aromatic rings. The SMILES string of the molecule is CC(=O)O[C@H]1CCC[C@H]2C3CC4=CC(=O)CC[C@H]4C3CC[C@]12C. The lowest BCUT2D eigenvalue weighted by molar-refractivity contribution is -0.169. The van der Waals surface area contributed by atoms with Crippen molar-refractivity contribution in [3.63, 3.8) is 0 Å². The maximum Gasteiger partial charge on any atom is 0.302 e. The van der Waals surface area contributed by atoms with Crippen LogP contribution >= 0.6 is 0 Å². The van der Waals surface area contributed by atoms with Gasteiger partial charge in [-0.15, -0.1) is 0 Å². The number of rotatable bonds is 1. The molecule has 3 fully saturated rings. The monoisotopic (exact) mass is 316 g/mol. The molecule has 0 amide bonds. The lowest BCUT2D eigenvalue weighted by Crippen LogP contribution is -2.51. The zero-order valence-electron chi connectivity index (χ0n) is 14.3. The van der Waals surface area contributed by atoms with Crippen molar-refractivity contribution in [3.05, 3.63) is 11.6 Å². The van der Waals surface area contributed by atoms with Crippen LogP contribution in [0.3, 0.4) is 0 Å². The van der Waals surface area contributed by atoms with Crippen LogP contribution in [0.2, 0.25) is 0 Å². The molecule has 0 heterocycles. The lowest BCUT2D eigenvalue weighted by atomic mass is 9.53. The highest BCUT2D eigenvalue weighted by Gasteiger charge is 2.57. The van der Waals surface area contributed by atoms with Gasteiger partial charge in [0.2, 0.25) is 0 Å². The fraction of sp³-hybridized carbons (Fsp3) is 0.800.